The van der Waals surface area contributed by atoms with Crippen molar-refractivity contribution in [1.82, 2.24) is 15.8 Å². The summed E-state index contributed by atoms with van der Waals surface area (Å²) in [5.74, 6) is 1.46. The maximum absolute atomic E-state index is 12.9. The molecule has 1 fully saturated rings. The van der Waals surface area contributed by atoms with Gasteiger partial charge in [-0.15, -0.1) is 0 Å². The number of hydrogen-bond acceptors (Lipinski definition) is 7. The van der Waals surface area contributed by atoms with Crippen LogP contribution in [0.3, 0.4) is 0 Å². The van der Waals surface area contributed by atoms with Crippen LogP contribution in [0.2, 0.25) is 0 Å². The van der Waals surface area contributed by atoms with Gasteiger partial charge in [0.25, 0.3) is 0 Å². The molecule has 2 aliphatic rings. The van der Waals surface area contributed by atoms with Crippen molar-refractivity contribution < 1.29 is 23.9 Å². The molecule has 0 spiro atoms. The molecule has 1 heterocycles. The van der Waals surface area contributed by atoms with Crippen molar-refractivity contribution in [3.05, 3.63) is 59.7 Å². The van der Waals surface area contributed by atoms with E-state index < -0.39 is 23.8 Å². The summed E-state index contributed by atoms with van der Waals surface area (Å²) in [5, 5.41) is 4.43. The Balaban J connectivity index is 1.21. The SMILES string of the molecule is CC(C)(C)OC(=O)NN1CCSCC1C(=O)CCCNC(=O)OCC1c2ccccc2-c2ccccc21. The molecule has 1 atom stereocenters. The van der Waals surface area contributed by atoms with Crippen molar-refractivity contribution in [1.29, 1.82) is 0 Å². The second kappa shape index (κ2) is 12.0. The van der Waals surface area contributed by atoms with Gasteiger partial charge in [-0.05, 0) is 49.4 Å². The van der Waals surface area contributed by atoms with Gasteiger partial charge in [0.15, 0.2) is 5.78 Å². The molecule has 8 nitrogen and oxygen atoms in total. The Morgan fingerprint density at radius 3 is 2.30 bits per heavy atom. The third-order valence-electron chi connectivity index (χ3n) is 6.35. The molecule has 1 aliphatic carbocycles. The third kappa shape index (κ3) is 7.05. The van der Waals surface area contributed by atoms with E-state index in [4.69, 9.17) is 9.47 Å². The Morgan fingerprint density at radius 1 is 1.00 bits per heavy atom. The molecule has 9 heteroatoms. The molecule has 198 valence electrons. The summed E-state index contributed by atoms with van der Waals surface area (Å²) in [5.41, 5.74) is 6.80. The van der Waals surface area contributed by atoms with Crippen molar-refractivity contribution >= 4 is 29.7 Å². The summed E-state index contributed by atoms with van der Waals surface area (Å²) in [7, 11) is 0. The molecule has 0 saturated carbocycles. The topological polar surface area (TPSA) is 97.0 Å². The van der Waals surface area contributed by atoms with Crippen LogP contribution in [0.15, 0.2) is 48.5 Å². The Labute approximate surface area is 222 Å². The molecule has 2 aromatic rings. The van der Waals surface area contributed by atoms with Crippen molar-refractivity contribution in [2.24, 2.45) is 0 Å². The Bertz CT molecular complexity index is 1090. The normalized spacial score (nSPS) is 17.4. The van der Waals surface area contributed by atoms with E-state index in [9.17, 15) is 14.4 Å². The smallest absolute Gasteiger partial charge is 0.422 e. The van der Waals surface area contributed by atoms with Gasteiger partial charge in [-0.1, -0.05) is 48.5 Å². The maximum Gasteiger partial charge on any atom is 0.422 e. The van der Waals surface area contributed by atoms with E-state index in [2.05, 4.69) is 35.0 Å². The van der Waals surface area contributed by atoms with Crippen molar-refractivity contribution in [3.63, 3.8) is 0 Å². The number of ketones is 1. The highest BCUT2D eigenvalue weighted by molar-refractivity contribution is 7.99. The zero-order valence-corrected chi connectivity index (χ0v) is 22.4. The number of alkyl carbamates (subject to hydrolysis) is 1. The fraction of sp³-hybridized carbons (Fsp3) is 0.464. The Hall–Kier alpha value is -3.04. The first-order chi connectivity index (χ1) is 17.7. The van der Waals surface area contributed by atoms with Crippen molar-refractivity contribution in [2.45, 2.75) is 51.2 Å². The molecule has 2 N–H and O–H groups in total. The Morgan fingerprint density at radius 2 is 1.65 bits per heavy atom. The summed E-state index contributed by atoms with van der Waals surface area (Å²) in [6.07, 6.45) is -0.267. The number of rotatable bonds is 8. The fourth-order valence-electron chi connectivity index (χ4n) is 4.69. The zero-order valence-electron chi connectivity index (χ0n) is 21.6. The number of amides is 2. The number of hydrazine groups is 1. The van der Waals surface area contributed by atoms with Crippen LogP contribution in [-0.2, 0) is 14.3 Å². The summed E-state index contributed by atoms with van der Waals surface area (Å²) < 4.78 is 10.9. The average molecular weight is 526 g/mol. The molecule has 0 bridgehead atoms. The molecule has 1 aliphatic heterocycles. The van der Waals surface area contributed by atoms with E-state index >= 15 is 0 Å². The average Bonchev–Trinajstić information content (AvgIpc) is 3.18. The number of Topliss-reactive ketones (excluding diaryl/α,β-unsaturated/α-hetero) is 1. The largest absolute Gasteiger partial charge is 0.449 e. The van der Waals surface area contributed by atoms with Gasteiger partial charge in [0.2, 0.25) is 0 Å². The van der Waals surface area contributed by atoms with Crippen LogP contribution in [-0.4, -0.2) is 65.8 Å². The monoisotopic (exact) mass is 525 g/mol. The highest BCUT2D eigenvalue weighted by atomic mass is 32.2. The second-order valence-corrected chi connectivity index (χ2v) is 11.4. The minimum Gasteiger partial charge on any atom is -0.449 e. The van der Waals surface area contributed by atoms with Crippen LogP contribution >= 0.6 is 11.8 Å². The van der Waals surface area contributed by atoms with Crippen LogP contribution in [0.4, 0.5) is 9.59 Å². The molecule has 4 rings (SSSR count). The van der Waals surface area contributed by atoms with E-state index in [0.29, 0.717) is 31.7 Å². The van der Waals surface area contributed by atoms with Crippen LogP contribution < -0.4 is 10.7 Å². The Kier molecular flexibility index (Phi) is 8.76. The van der Waals surface area contributed by atoms with E-state index in [1.807, 2.05) is 24.3 Å². The lowest BCUT2D eigenvalue weighted by Crippen LogP contribution is -2.56. The minimum absolute atomic E-state index is 0.00647. The van der Waals surface area contributed by atoms with Crippen LogP contribution in [0.1, 0.15) is 50.7 Å². The fourth-order valence-corrected chi connectivity index (χ4v) is 5.77. The van der Waals surface area contributed by atoms with Crippen LogP contribution in [0.25, 0.3) is 11.1 Å². The second-order valence-electron chi connectivity index (χ2n) is 10.2. The van der Waals surface area contributed by atoms with Crippen molar-refractivity contribution in [3.8, 4) is 11.1 Å². The number of fused-ring (bicyclic) bond motifs is 3. The van der Waals surface area contributed by atoms with Gasteiger partial charge in [-0.25, -0.2) is 14.6 Å². The third-order valence-corrected chi connectivity index (χ3v) is 7.37. The van der Waals surface area contributed by atoms with E-state index in [0.717, 1.165) is 16.9 Å². The summed E-state index contributed by atoms with van der Waals surface area (Å²) in [6, 6.07) is 16.0. The number of carbonyl (C=O) groups excluding carboxylic acids is 3. The first kappa shape index (κ1) is 27.0. The number of benzene rings is 2. The predicted octanol–water partition coefficient (Wildman–Crippen LogP) is 4.73. The van der Waals surface area contributed by atoms with Gasteiger partial charge < -0.3 is 14.8 Å². The van der Waals surface area contributed by atoms with Gasteiger partial charge >= 0.3 is 12.2 Å². The molecule has 2 amide bonds. The molecule has 2 aromatic carbocycles. The lowest BCUT2D eigenvalue weighted by molar-refractivity contribution is -0.124. The summed E-state index contributed by atoms with van der Waals surface area (Å²) >= 11 is 1.68. The van der Waals surface area contributed by atoms with E-state index in [1.165, 1.54) is 11.1 Å². The van der Waals surface area contributed by atoms with E-state index in [1.54, 1.807) is 37.5 Å². The van der Waals surface area contributed by atoms with Crippen LogP contribution in [0, 0.1) is 0 Å². The molecule has 37 heavy (non-hydrogen) atoms. The molecule has 1 unspecified atom stereocenters. The molecular formula is C28H35N3O5S. The summed E-state index contributed by atoms with van der Waals surface area (Å²) in [6.45, 7) is 6.55. The van der Waals surface area contributed by atoms with Crippen LogP contribution in [0.5, 0.6) is 0 Å². The highest BCUT2D eigenvalue weighted by Gasteiger charge is 2.31. The van der Waals surface area contributed by atoms with E-state index in [-0.39, 0.29) is 18.3 Å². The quantitative estimate of drug-likeness (QED) is 0.481. The minimum atomic E-state index is -0.612. The number of thioether (sulfide) groups is 1. The first-order valence-corrected chi connectivity index (χ1v) is 13.8. The molecule has 0 aromatic heterocycles. The number of ether oxygens (including phenoxy) is 2. The lowest BCUT2D eigenvalue weighted by atomic mass is 9.98. The van der Waals surface area contributed by atoms with Gasteiger partial charge in [-0.2, -0.15) is 11.8 Å². The van der Waals surface area contributed by atoms with Gasteiger partial charge in [0.05, 0.1) is 6.04 Å². The first-order valence-electron chi connectivity index (χ1n) is 12.7. The number of hydrogen-bond donors (Lipinski definition) is 2. The number of nitrogens with one attached hydrogen (secondary N) is 2. The summed E-state index contributed by atoms with van der Waals surface area (Å²) in [4.78, 5) is 37.4. The predicted molar refractivity (Wildman–Crippen MR) is 145 cm³/mol. The standard InChI is InChI=1S/C28H35N3O5S/c1-28(2,3)36-27(34)30-31-15-16-37-18-24(31)25(32)13-8-14-29-26(33)35-17-23-21-11-6-4-9-19(21)20-10-5-7-12-22(20)23/h4-7,9-12,23-24H,8,13-18H2,1-3H3,(H,29,33)(H,30,34). The van der Waals surface area contributed by atoms with Crippen molar-refractivity contribution in [2.75, 3.05) is 31.2 Å². The molecule has 1 saturated heterocycles. The zero-order chi connectivity index (χ0) is 26.4. The maximum atomic E-state index is 12.9. The number of carbonyl (C=O) groups is 3. The van der Waals surface area contributed by atoms with Gasteiger partial charge in [0.1, 0.15) is 12.2 Å². The highest BCUT2D eigenvalue weighted by Crippen LogP contribution is 2.44. The number of nitrogens with zero attached hydrogens (tertiary/aromatic N) is 1. The molecular weight excluding hydrogens is 490 g/mol. The van der Waals surface area contributed by atoms with Gasteiger partial charge in [0, 0.05) is 36.9 Å². The molecule has 0 radical (unpaired) electrons. The lowest BCUT2D eigenvalue weighted by Gasteiger charge is -2.34. The van der Waals surface area contributed by atoms with Gasteiger partial charge in [-0.3, -0.25) is 10.2 Å².